The summed E-state index contributed by atoms with van der Waals surface area (Å²) in [4.78, 5) is 59.4. The van der Waals surface area contributed by atoms with Crippen molar-refractivity contribution in [3.05, 3.63) is 75.5 Å². The Labute approximate surface area is 269 Å². The van der Waals surface area contributed by atoms with Crippen molar-refractivity contribution in [2.24, 2.45) is 5.92 Å². The topological polar surface area (TPSA) is 146 Å². The zero-order valence-corrected chi connectivity index (χ0v) is 26.1. The predicted molar refractivity (Wildman–Crippen MR) is 165 cm³/mol. The number of amides is 3. The lowest BCUT2D eigenvalue weighted by Gasteiger charge is -2.27. The Bertz CT molecular complexity index is 1740. The van der Waals surface area contributed by atoms with Crippen LogP contribution in [0.25, 0.3) is 0 Å². The van der Waals surface area contributed by atoms with Crippen molar-refractivity contribution in [2.45, 2.75) is 62.6 Å². The van der Waals surface area contributed by atoms with Crippen LogP contribution in [0.3, 0.4) is 0 Å². The molecule has 13 heteroatoms. The molecule has 232 valence electrons. The summed E-state index contributed by atoms with van der Waals surface area (Å²) in [5.41, 5.74) is -0.672. The van der Waals surface area contributed by atoms with Gasteiger partial charge in [0.1, 0.15) is 16.8 Å². The van der Waals surface area contributed by atoms with Gasteiger partial charge in [0.15, 0.2) is 0 Å². The number of imidazole rings is 1. The van der Waals surface area contributed by atoms with E-state index in [0.29, 0.717) is 53.4 Å². The van der Waals surface area contributed by atoms with E-state index in [1.807, 2.05) is 0 Å². The van der Waals surface area contributed by atoms with Crippen LogP contribution in [0.1, 0.15) is 60.6 Å². The number of hydrogen-bond acceptors (Lipinski definition) is 7. The Kier molecular flexibility index (Phi) is 7.83. The third-order valence-electron chi connectivity index (χ3n) is 8.91. The van der Waals surface area contributed by atoms with Crippen LogP contribution < -0.4 is 15.5 Å². The van der Waals surface area contributed by atoms with Gasteiger partial charge in [-0.2, -0.15) is 5.26 Å². The van der Waals surface area contributed by atoms with E-state index in [1.165, 1.54) is 18.2 Å². The van der Waals surface area contributed by atoms with Gasteiger partial charge in [0.05, 0.1) is 36.5 Å². The number of nitrogens with zero attached hydrogens (tertiary/aromatic N) is 4. The maximum Gasteiger partial charge on any atom is 0.308 e. The number of hydrogen-bond donors (Lipinski definition) is 2. The maximum atomic E-state index is 14.3. The molecule has 11 nitrogen and oxygen atoms in total. The van der Waals surface area contributed by atoms with Gasteiger partial charge in [-0.3, -0.25) is 23.7 Å². The molecule has 0 unspecified atom stereocenters. The summed E-state index contributed by atoms with van der Waals surface area (Å²) < 4.78 is 6.43. The van der Waals surface area contributed by atoms with Crippen molar-refractivity contribution in [2.75, 3.05) is 12.0 Å². The number of nitrogens with one attached hydrogen (secondary N) is 2. The quantitative estimate of drug-likeness (QED) is 0.344. The van der Waals surface area contributed by atoms with E-state index in [0.717, 1.165) is 5.56 Å². The number of aromatic nitrogens is 2. The Balaban J connectivity index is 1.30. The first kappa shape index (κ1) is 30.6. The molecular weight excluding hydrogens is 619 g/mol. The van der Waals surface area contributed by atoms with Crippen LogP contribution in [0.5, 0.6) is 0 Å². The summed E-state index contributed by atoms with van der Waals surface area (Å²) in [6.07, 6.45) is 4.22. The lowest BCUT2D eigenvalue weighted by atomic mass is 9.91. The standard InChI is InChI=1S/C32H30Cl2N6O5/c1-31(15-18-3-5-19(16-35)6-4-18)29(44)39(24-13-21(33)12-22(34)14-24)30-36-17-25(40(30)31)26(41)38-32(9-10-32)28(43)37-23-8-7-20(11-23)27(42)45-2/h3-6,12-14,17,20,23H,7-11,15H2,1-2H3,(H,37,43)(H,38,41)/t20-,23+,31+/m0/s1. The SMILES string of the molecule is COC(=O)[C@H]1CC[C@@H](NC(=O)C2(NC(=O)c3cnc4n3[C@](C)(Cc3ccc(C#N)cc3)C(=O)N4c3cc(Cl)cc(Cl)c3)CC2)C1. The Morgan fingerprint density at radius 1 is 1.11 bits per heavy atom. The average Bonchev–Trinajstić information content (AvgIpc) is 3.33. The lowest BCUT2D eigenvalue weighted by Crippen LogP contribution is -2.52. The molecular formula is C32H30Cl2N6O5. The van der Waals surface area contributed by atoms with Gasteiger partial charge in [0.25, 0.3) is 11.8 Å². The molecule has 3 atom stereocenters. The zero-order chi connectivity index (χ0) is 32.1. The van der Waals surface area contributed by atoms with Crippen LogP contribution in [0.2, 0.25) is 10.0 Å². The summed E-state index contributed by atoms with van der Waals surface area (Å²) in [6, 6.07) is 13.5. The minimum Gasteiger partial charge on any atom is -0.469 e. The van der Waals surface area contributed by atoms with Crippen LogP contribution in [0, 0.1) is 17.2 Å². The normalized spacial score (nSPS) is 22.8. The van der Waals surface area contributed by atoms with Gasteiger partial charge in [-0.05, 0) is 74.9 Å². The second-order valence-corrected chi connectivity index (χ2v) is 12.9. The number of nitriles is 1. The highest BCUT2D eigenvalue weighted by Crippen LogP contribution is 2.44. The molecule has 0 saturated heterocycles. The molecule has 1 aliphatic heterocycles. The van der Waals surface area contributed by atoms with Crippen molar-refractivity contribution in [1.82, 2.24) is 20.2 Å². The Morgan fingerprint density at radius 2 is 1.80 bits per heavy atom. The fourth-order valence-electron chi connectivity index (χ4n) is 6.36. The lowest BCUT2D eigenvalue weighted by molar-refractivity contribution is -0.145. The number of carbonyl (C=O) groups excluding carboxylic acids is 4. The molecule has 1 aromatic heterocycles. The van der Waals surface area contributed by atoms with E-state index in [1.54, 1.807) is 54.0 Å². The van der Waals surface area contributed by atoms with Crippen LogP contribution in [-0.2, 0) is 31.1 Å². The number of carbonyl (C=O) groups is 4. The predicted octanol–water partition coefficient (Wildman–Crippen LogP) is 4.42. The molecule has 2 fully saturated rings. The van der Waals surface area contributed by atoms with Crippen molar-refractivity contribution >= 4 is 58.5 Å². The molecule has 3 amide bonds. The number of ether oxygens (including phenoxy) is 1. The smallest absolute Gasteiger partial charge is 0.308 e. The minimum absolute atomic E-state index is 0.107. The van der Waals surface area contributed by atoms with Crippen LogP contribution in [-0.4, -0.2) is 51.9 Å². The van der Waals surface area contributed by atoms with Crippen molar-refractivity contribution in [3.63, 3.8) is 0 Å². The van der Waals surface area contributed by atoms with E-state index < -0.39 is 17.0 Å². The molecule has 2 N–H and O–H groups in total. The number of rotatable bonds is 8. The molecule has 0 radical (unpaired) electrons. The van der Waals surface area contributed by atoms with E-state index in [2.05, 4.69) is 21.7 Å². The summed E-state index contributed by atoms with van der Waals surface area (Å²) >= 11 is 12.6. The third kappa shape index (κ3) is 5.53. The molecule has 0 bridgehead atoms. The average molecular weight is 650 g/mol. The first-order valence-corrected chi connectivity index (χ1v) is 15.3. The first-order valence-electron chi connectivity index (χ1n) is 14.6. The zero-order valence-electron chi connectivity index (χ0n) is 24.6. The summed E-state index contributed by atoms with van der Waals surface area (Å²) in [7, 11) is 1.35. The van der Waals surface area contributed by atoms with Gasteiger partial charge in [-0.25, -0.2) is 9.88 Å². The number of esters is 1. The van der Waals surface area contributed by atoms with Crippen molar-refractivity contribution in [1.29, 1.82) is 5.26 Å². The molecule has 2 aliphatic carbocycles. The van der Waals surface area contributed by atoms with E-state index >= 15 is 0 Å². The van der Waals surface area contributed by atoms with Crippen LogP contribution in [0.4, 0.5) is 11.6 Å². The van der Waals surface area contributed by atoms with E-state index in [4.69, 9.17) is 27.9 Å². The Morgan fingerprint density at radius 3 is 2.42 bits per heavy atom. The van der Waals surface area contributed by atoms with Gasteiger partial charge >= 0.3 is 5.97 Å². The van der Waals surface area contributed by atoms with E-state index in [-0.39, 0.29) is 47.8 Å². The molecule has 3 aromatic rings. The number of benzene rings is 2. The summed E-state index contributed by atoms with van der Waals surface area (Å²) in [5, 5.41) is 15.8. The number of fused-ring (bicyclic) bond motifs is 1. The maximum absolute atomic E-state index is 14.3. The van der Waals surface area contributed by atoms with Gasteiger partial charge in [0, 0.05) is 22.5 Å². The highest BCUT2D eigenvalue weighted by molar-refractivity contribution is 6.35. The minimum atomic E-state index is -1.31. The van der Waals surface area contributed by atoms with Crippen molar-refractivity contribution in [3.8, 4) is 6.07 Å². The molecule has 2 saturated carbocycles. The van der Waals surface area contributed by atoms with Crippen molar-refractivity contribution < 1.29 is 23.9 Å². The molecule has 3 aliphatic rings. The van der Waals surface area contributed by atoms with Gasteiger partial charge in [-0.15, -0.1) is 0 Å². The summed E-state index contributed by atoms with van der Waals surface area (Å²) in [5.74, 6) is -1.56. The highest BCUT2D eigenvalue weighted by atomic mass is 35.5. The number of methoxy groups -OCH3 is 1. The molecule has 6 rings (SSSR count). The van der Waals surface area contributed by atoms with Crippen LogP contribution >= 0.6 is 23.2 Å². The second kappa shape index (κ2) is 11.5. The monoisotopic (exact) mass is 648 g/mol. The second-order valence-electron chi connectivity index (χ2n) is 12.0. The number of anilines is 2. The molecule has 45 heavy (non-hydrogen) atoms. The molecule has 0 spiro atoms. The van der Waals surface area contributed by atoms with Gasteiger partial charge < -0.3 is 15.4 Å². The van der Waals surface area contributed by atoms with Gasteiger partial charge in [0.2, 0.25) is 11.9 Å². The fourth-order valence-corrected chi connectivity index (χ4v) is 6.87. The molecule has 2 aromatic carbocycles. The first-order chi connectivity index (χ1) is 21.5. The van der Waals surface area contributed by atoms with E-state index in [9.17, 15) is 24.4 Å². The fraction of sp³-hybridized carbons (Fsp3) is 0.375. The Hall–Kier alpha value is -4.40. The molecule has 2 heterocycles. The largest absolute Gasteiger partial charge is 0.469 e. The van der Waals surface area contributed by atoms with Gasteiger partial charge in [-0.1, -0.05) is 35.3 Å². The highest BCUT2D eigenvalue weighted by Gasteiger charge is 2.55. The van der Waals surface area contributed by atoms with Crippen LogP contribution in [0.15, 0.2) is 48.7 Å². The summed E-state index contributed by atoms with van der Waals surface area (Å²) in [6.45, 7) is 1.72. The third-order valence-corrected chi connectivity index (χ3v) is 9.35. The number of halogens is 2.